The molecule has 146 valence electrons. The molecular formula is C16H22N5O5P. The molecule has 1 unspecified atom stereocenters. The molecule has 27 heavy (non-hydrogen) atoms. The molecule has 2 aromatic heterocycles. The number of phosphoric ester groups is 1. The molecule has 0 spiro atoms. The number of phosphoric acid groups is 1. The second-order valence-electron chi connectivity index (χ2n) is 6.99. The highest BCUT2D eigenvalue weighted by Gasteiger charge is 2.48. The lowest BCUT2D eigenvalue weighted by atomic mass is 9.82. The number of anilines is 1. The number of nitrogens with two attached hydrogens (primary N) is 1. The van der Waals surface area contributed by atoms with Crippen LogP contribution in [0.5, 0.6) is 0 Å². The molecule has 1 aliphatic rings. The van der Waals surface area contributed by atoms with Gasteiger partial charge in [-0.3, -0.25) is 9.05 Å². The largest absolute Gasteiger partial charge is 0.472 e. The zero-order valence-electron chi connectivity index (χ0n) is 15.3. The van der Waals surface area contributed by atoms with Crippen LogP contribution in [-0.2, 0) is 18.3 Å². The van der Waals surface area contributed by atoms with Gasteiger partial charge < -0.3 is 15.4 Å². The summed E-state index contributed by atoms with van der Waals surface area (Å²) in [7, 11) is -4.18. The summed E-state index contributed by atoms with van der Waals surface area (Å²) >= 11 is 0. The minimum atomic E-state index is -4.18. The van der Waals surface area contributed by atoms with Crippen LogP contribution in [0.2, 0.25) is 0 Å². The lowest BCUT2D eigenvalue weighted by Gasteiger charge is -2.21. The second-order valence-corrected chi connectivity index (χ2v) is 8.40. The van der Waals surface area contributed by atoms with Crippen molar-refractivity contribution in [2.24, 2.45) is 5.41 Å². The van der Waals surface area contributed by atoms with Gasteiger partial charge in [0.05, 0.1) is 36.0 Å². The molecule has 0 aromatic carbocycles. The quantitative estimate of drug-likeness (QED) is 0.703. The predicted molar refractivity (Wildman–Crippen MR) is 95.3 cm³/mol. The standard InChI is InChI=1S/C16H22N5O5P/c1-10(2)26-27(22,23)24-7-11-6-16(3,8-17)14(25-11)12-4-5-13-15(18)19-9-20-21(12)13/h4-5,9-11,14H,6-7H2,1-3H3,(H,22,23)(H2,18,19,20)/t11-,14-,16-/m0/s1. The fourth-order valence-corrected chi connectivity index (χ4v) is 4.16. The molecule has 2 aromatic rings. The Morgan fingerprint density at radius 2 is 2.33 bits per heavy atom. The van der Waals surface area contributed by atoms with Crippen LogP contribution in [0.3, 0.4) is 0 Å². The Labute approximate surface area is 156 Å². The van der Waals surface area contributed by atoms with Crippen molar-refractivity contribution in [2.45, 2.75) is 45.5 Å². The fourth-order valence-electron chi connectivity index (χ4n) is 3.22. The van der Waals surface area contributed by atoms with Gasteiger partial charge in [-0.15, -0.1) is 0 Å². The van der Waals surface area contributed by atoms with Crippen molar-refractivity contribution in [1.82, 2.24) is 14.6 Å². The van der Waals surface area contributed by atoms with Gasteiger partial charge >= 0.3 is 7.82 Å². The van der Waals surface area contributed by atoms with E-state index in [-0.39, 0.29) is 6.61 Å². The number of hydrogen-bond acceptors (Lipinski definition) is 8. The number of nitrogens with zero attached hydrogens (tertiary/aromatic N) is 4. The van der Waals surface area contributed by atoms with Crippen molar-refractivity contribution in [1.29, 1.82) is 5.26 Å². The third-order valence-electron chi connectivity index (χ3n) is 4.36. The Bertz CT molecular complexity index is 926. The summed E-state index contributed by atoms with van der Waals surface area (Å²) in [6.45, 7) is 4.86. The van der Waals surface area contributed by atoms with Gasteiger partial charge in [0, 0.05) is 0 Å². The van der Waals surface area contributed by atoms with Gasteiger partial charge in [-0.05, 0) is 39.3 Å². The van der Waals surface area contributed by atoms with Crippen LogP contribution < -0.4 is 5.73 Å². The van der Waals surface area contributed by atoms with Crippen LogP contribution in [0.4, 0.5) is 5.82 Å². The normalized spacial score (nSPS) is 27.7. The zero-order valence-corrected chi connectivity index (χ0v) is 16.2. The van der Waals surface area contributed by atoms with E-state index in [4.69, 9.17) is 19.5 Å². The van der Waals surface area contributed by atoms with E-state index in [2.05, 4.69) is 16.2 Å². The number of nitrogen functional groups attached to an aromatic ring is 1. The van der Waals surface area contributed by atoms with E-state index in [1.165, 1.54) is 6.33 Å². The topological polar surface area (TPSA) is 145 Å². The monoisotopic (exact) mass is 395 g/mol. The smallest absolute Gasteiger partial charge is 0.382 e. The number of nitriles is 1. The van der Waals surface area contributed by atoms with E-state index >= 15 is 0 Å². The molecule has 0 saturated carbocycles. The van der Waals surface area contributed by atoms with Gasteiger partial charge in [0.2, 0.25) is 0 Å². The van der Waals surface area contributed by atoms with E-state index in [1.54, 1.807) is 37.4 Å². The van der Waals surface area contributed by atoms with Crippen LogP contribution in [0.25, 0.3) is 5.52 Å². The van der Waals surface area contributed by atoms with Gasteiger partial charge in [0.25, 0.3) is 0 Å². The molecule has 11 heteroatoms. The molecule has 0 radical (unpaired) electrons. The van der Waals surface area contributed by atoms with Gasteiger partial charge in [-0.1, -0.05) is 0 Å². The number of hydrogen-bond donors (Lipinski definition) is 2. The minimum absolute atomic E-state index is 0.172. The zero-order chi connectivity index (χ0) is 19.8. The summed E-state index contributed by atoms with van der Waals surface area (Å²) in [6.07, 6.45) is 0.0253. The summed E-state index contributed by atoms with van der Waals surface area (Å²) in [5.41, 5.74) is 6.25. The average Bonchev–Trinajstić information content (AvgIpc) is 3.14. The SMILES string of the molecule is CC(C)OP(=O)(O)OC[C@@H]1C[C@@](C)(C#N)[C@H](c2ccc3c(N)ncnn23)O1. The molecule has 3 N–H and O–H groups in total. The molecule has 0 aliphatic carbocycles. The fraction of sp³-hybridized carbons (Fsp3) is 0.562. The molecule has 0 bridgehead atoms. The molecule has 3 rings (SSSR count). The second kappa shape index (κ2) is 7.19. The maximum absolute atomic E-state index is 11.9. The minimum Gasteiger partial charge on any atom is -0.382 e. The van der Waals surface area contributed by atoms with Crippen molar-refractivity contribution in [3.05, 3.63) is 24.2 Å². The highest BCUT2D eigenvalue weighted by Crippen LogP contribution is 2.50. The Kier molecular flexibility index (Phi) is 5.25. The maximum atomic E-state index is 11.9. The number of fused-ring (bicyclic) bond motifs is 1. The summed E-state index contributed by atoms with van der Waals surface area (Å²) in [5.74, 6) is 0.319. The van der Waals surface area contributed by atoms with Crippen LogP contribution in [-0.4, -0.2) is 38.3 Å². The first kappa shape index (κ1) is 19.7. The number of ether oxygens (including phenoxy) is 1. The molecule has 3 heterocycles. The summed E-state index contributed by atoms with van der Waals surface area (Å²) in [6, 6.07) is 5.82. The molecule has 1 aliphatic heterocycles. The van der Waals surface area contributed by atoms with E-state index in [0.717, 1.165) is 0 Å². The first-order chi connectivity index (χ1) is 12.6. The highest BCUT2D eigenvalue weighted by atomic mass is 31.2. The molecule has 10 nitrogen and oxygen atoms in total. The molecule has 1 fully saturated rings. The first-order valence-corrected chi connectivity index (χ1v) is 9.95. The molecule has 4 atom stereocenters. The van der Waals surface area contributed by atoms with Crippen LogP contribution >= 0.6 is 7.82 Å². The van der Waals surface area contributed by atoms with Gasteiger partial charge in [-0.2, -0.15) is 10.4 Å². The average molecular weight is 395 g/mol. The van der Waals surface area contributed by atoms with Gasteiger partial charge in [0.15, 0.2) is 5.82 Å². The molecule has 1 saturated heterocycles. The lowest BCUT2D eigenvalue weighted by Crippen LogP contribution is -2.20. The Hall–Kier alpha value is -2.02. The van der Waals surface area contributed by atoms with Crippen molar-refractivity contribution < 1.29 is 23.2 Å². The van der Waals surface area contributed by atoms with Crippen molar-refractivity contribution >= 4 is 19.2 Å². The number of rotatable bonds is 6. The summed E-state index contributed by atoms with van der Waals surface area (Å²) in [5, 5.41) is 13.9. The Morgan fingerprint density at radius 1 is 1.59 bits per heavy atom. The first-order valence-electron chi connectivity index (χ1n) is 8.46. The third kappa shape index (κ3) is 3.98. The lowest BCUT2D eigenvalue weighted by molar-refractivity contribution is -0.00789. The Balaban J connectivity index is 1.81. The van der Waals surface area contributed by atoms with E-state index in [9.17, 15) is 14.7 Å². The van der Waals surface area contributed by atoms with E-state index in [0.29, 0.717) is 23.4 Å². The van der Waals surface area contributed by atoms with Crippen molar-refractivity contribution in [2.75, 3.05) is 12.3 Å². The summed E-state index contributed by atoms with van der Waals surface area (Å²) in [4.78, 5) is 13.7. The van der Waals surface area contributed by atoms with Crippen LogP contribution in [0, 0.1) is 16.7 Å². The Morgan fingerprint density at radius 3 is 3.00 bits per heavy atom. The van der Waals surface area contributed by atoms with Crippen LogP contribution in [0.1, 0.15) is 39.0 Å². The van der Waals surface area contributed by atoms with Crippen LogP contribution in [0.15, 0.2) is 18.5 Å². The van der Waals surface area contributed by atoms with Crippen molar-refractivity contribution in [3.63, 3.8) is 0 Å². The predicted octanol–water partition coefficient (Wildman–Crippen LogP) is 2.21. The third-order valence-corrected chi connectivity index (χ3v) is 5.53. The number of aromatic nitrogens is 3. The van der Waals surface area contributed by atoms with Crippen molar-refractivity contribution in [3.8, 4) is 6.07 Å². The molecular weight excluding hydrogens is 373 g/mol. The summed E-state index contributed by atoms with van der Waals surface area (Å²) < 4.78 is 29.4. The van der Waals surface area contributed by atoms with Gasteiger partial charge in [-0.25, -0.2) is 14.1 Å². The van der Waals surface area contributed by atoms with E-state index < -0.39 is 31.5 Å². The van der Waals surface area contributed by atoms with E-state index in [1.807, 2.05) is 0 Å². The maximum Gasteiger partial charge on any atom is 0.472 e. The highest BCUT2D eigenvalue weighted by molar-refractivity contribution is 7.47. The molecule has 0 amide bonds. The van der Waals surface area contributed by atoms with Gasteiger partial charge in [0.1, 0.15) is 17.9 Å².